The molecule has 1 aliphatic rings. The highest BCUT2D eigenvalue weighted by molar-refractivity contribution is 7.89. The summed E-state index contributed by atoms with van der Waals surface area (Å²) in [4.78, 5) is 13.2. The third-order valence-electron chi connectivity index (χ3n) is 5.52. The van der Waals surface area contributed by atoms with Crippen molar-refractivity contribution in [1.82, 2.24) is 9.62 Å². The van der Waals surface area contributed by atoms with Gasteiger partial charge in [-0.1, -0.05) is 13.0 Å². The second-order valence-corrected chi connectivity index (χ2v) is 9.77. The Kier molecular flexibility index (Phi) is 8.76. The molecule has 1 heterocycles. The number of carbonyl (C=O) groups excluding carboxylic acids is 1. The summed E-state index contributed by atoms with van der Waals surface area (Å²) >= 11 is 0. The summed E-state index contributed by atoms with van der Waals surface area (Å²) in [6.07, 6.45) is 0.875. The van der Waals surface area contributed by atoms with Crippen LogP contribution < -0.4 is 19.5 Å². The number of amides is 1. The van der Waals surface area contributed by atoms with Crippen LogP contribution in [0.1, 0.15) is 42.2 Å². The van der Waals surface area contributed by atoms with E-state index in [9.17, 15) is 13.2 Å². The number of hydrogen-bond acceptors (Lipinski definition) is 7. The third-order valence-corrected chi connectivity index (χ3v) is 7.42. The molecular weight excluding hydrogens is 460 g/mol. The number of rotatable bonds is 10. The van der Waals surface area contributed by atoms with Crippen LogP contribution in [0, 0.1) is 0 Å². The molecule has 0 saturated carbocycles. The molecule has 1 aliphatic heterocycles. The van der Waals surface area contributed by atoms with Crippen molar-refractivity contribution in [2.45, 2.75) is 31.2 Å². The first-order valence-electron chi connectivity index (χ1n) is 11.2. The summed E-state index contributed by atoms with van der Waals surface area (Å²) in [5.74, 6) is 1.04. The summed E-state index contributed by atoms with van der Waals surface area (Å²) in [7, 11) is -0.760. The highest BCUT2D eigenvalue weighted by Gasteiger charge is 2.28. The average molecular weight is 493 g/mol. The van der Waals surface area contributed by atoms with Gasteiger partial charge in [-0.15, -0.1) is 0 Å². The Morgan fingerprint density at radius 2 is 1.74 bits per heavy atom. The Bertz CT molecular complexity index is 1100. The maximum atomic E-state index is 13.2. The standard InChI is InChI=1S/C24H32N2O7S/c1-5-12-33-22-8-6-18(15-23(22)31-4)17(2)25-24(27)20-16-19(7-9-21(20)30-3)34(28,29)26-10-13-32-14-11-26/h6-9,15-17H,5,10-14H2,1-4H3,(H,25,27). The lowest BCUT2D eigenvalue weighted by atomic mass is 10.1. The molecule has 1 N–H and O–H groups in total. The van der Waals surface area contributed by atoms with Crippen LogP contribution in [0.2, 0.25) is 0 Å². The number of nitrogens with zero attached hydrogens (tertiary/aromatic N) is 1. The number of nitrogens with one attached hydrogen (secondary N) is 1. The Hall–Kier alpha value is -2.82. The molecule has 0 radical (unpaired) electrons. The topological polar surface area (TPSA) is 103 Å². The third kappa shape index (κ3) is 5.81. The molecule has 1 amide bonds. The van der Waals surface area contributed by atoms with Crippen molar-refractivity contribution in [1.29, 1.82) is 0 Å². The molecule has 1 saturated heterocycles. The fourth-order valence-electron chi connectivity index (χ4n) is 3.60. The number of hydrogen-bond donors (Lipinski definition) is 1. The Morgan fingerprint density at radius 1 is 1.06 bits per heavy atom. The summed E-state index contributed by atoms with van der Waals surface area (Å²) in [6, 6.07) is 9.39. The van der Waals surface area contributed by atoms with Crippen molar-refractivity contribution in [2.24, 2.45) is 0 Å². The van der Waals surface area contributed by atoms with Gasteiger partial charge in [-0.05, 0) is 49.2 Å². The van der Waals surface area contributed by atoms with Crippen LogP contribution in [-0.2, 0) is 14.8 Å². The molecule has 3 rings (SSSR count). The van der Waals surface area contributed by atoms with Crippen LogP contribution in [0.4, 0.5) is 0 Å². The maximum absolute atomic E-state index is 13.2. The summed E-state index contributed by atoms with van der Waals surface area (Å²) in [5, 5.41) is 2.92. The van der Waals surface area contributed by atoms with E-state index in [4.69, 9.17) is 18.9 Å². The van der Waals surface area contributed by atoms with Gasteiger partial charge in [-0.25, -0.2) is 8.42 Å². The zero-order valence-electron chi connectivity index (χ0n) is 20.0. The molecule has 2 aromatic carbocycles. The molecular formula is C24H32N2O7S. The minimum absolute atomic E-state index is 0.0344. The van der Waals surface area contributed by atoms with Gasteiger partial charge in [0.25, 0.3) is 5.91 Å². The number of benzene rings is 2. The van der Waals surface area contributed by atoms with Gasteiger partial charge in [0.2, 0.25) is 10.0 Å². The minimum atomic E-state index is -3.76. The van der Waals surface area contributed by atoms with Crippen molar-refractivity contribution >= 4 is 15.9 Å². The van der Waals surface area contributed by atoms with Crippen molar-refractivity contribution in [3.63, 3.8) is 0 Å². The van der Waals surface area contributed by atoms with Crippen LogP contribution in [-0.4, -0.2) is 65.8 Å². The van der Waals surface area contributed by atoms with E-state index in [0.717, 1.165) is 12.0 Å². The monoisotopic (exact) mass is 492 g/mol. The van der Waals surface area contributed by atoms with E-state index in [2.05, 4.69) is 5.32 Å². The molecule has 0 bridgehead atoms. The summed E-state index contributed by atoms with van der Waals surface area (Å²) in [6.45, 7) is 5.65. The fraction of sp³-hybridized carbons (Fsp3) is 0.458. The first-order valence-corrected chi connectivity index (χ1v) is 12.6. The van der Waals surface area contributed by atoms with E-state index < -0.39 is 15.9 Å². The van der Waals surface area contributed by atoms with Crippen molar-refractivity contribution in [3.8, 4) is 17.2 Å². The van der Waals surface area contributed by atoms with Gasteiger partial charge in [-0.3, -0.25) is 4.79 Å². The van der Waals surface area contributed by atoms with E-state index in [1.807, 2.05) is 32.0 Å². The van der Waals surface area contributed by atoms with Gasteiger partial charge in [0, 0.05) is 13.1 Å². The molecule has 1 atom stereocenters. The van der Waals surface area contributed by atoms with Gasteiger partial charge in [0.05, 0.1) is 50.5 Å². The number of ether oxygens (including phenoxy) is 4. The zero-order valence-corrected chi connectivity index (χ0v) is 20.8. The largest absolute Gasteiger partial charge is 0.496 e. The van der Waals surface area contributed by atoms with Gasteiger partial charge >= 0.3 is 0 Å². The number of methoxy groups -OCH3 is 2. The van der Waals surface area contributed by atoms with E-state index >= 15 is 0 Å². The van der Waals surface area contributed by atoms with Crippen LogP contribution in [0.25, 0.3) is 0 Å². The Balaban J connectivity index is 1.83. The zero-order chi connectivity index (χ0) is 24.7. The maximum Gasteiger partial charge on any atom is 0.255 e. The van der Waals surface area contributed by atoms with E-state index in [1.165, 1.54) is 29.6 Å². The summed E-state index contributed by atoms with van der Waals surface area (Å²) < 4.78 is 49.2. The van der Waals surface area contributed by atoms with Crippen LogP contribution in [0.15, 0.2) is 41.3 Å². The van der Waals surface area contributed by atoms with E-state index in [-0.39, 0.29) is 35.3 Å². The molecule has 10 heteroatoms. The van der Waals surface area contributed by atoms with Crippen molar-refractivity contribution in [3.05, 3.63) is 47.5 Å². The van der Waals surface area contributed by atoms with E-state index in [1.54, 1.807) is 7.11 Å². The second kappa shape index (κ2) is 11.5. The van der Waals surface area contributed by atoms with Crippen LogP contribution in [0.3, 0.4) is 0 Å². The van der Waals surface area contributed by atoms with Gasteiger partial charge in [-0.2, -0.15) is 4.31 Å². The lowest BCUT2D eigenvalue weighted by molar-refractivity contribution is 0.0730. The number of sulfonamides is 1. The first kappa shape index (κ1) is 25.8. The number of morpholine rings is 1. The smallest absolute Gasteiger partial charge is 0.255 e. The highest BCUT2D eigenvalue weighted by atomic mass is 32.2. The average Bonchev–Trinajstić information content (AvgIpc) is 2.87. The lowest BCUT2D eigenvalue weighted by Gasteiger charge is -2.26. The fourth-order valence-corrected chi connectivity index (χ4v) is 5.04. The van der Waals surface area contributed by atoms with Gasteiger partial charge < -0.3 is 24.3 Å². The predicted molar refractivity (Wildman–Crippen MR) is 127 cm³/mol. The number of carbonyl (C=O) groups is 1. The molecule has 0 spiro atoms. The lowest BCUT2D eigenvalue weighted by Crippen LogP contribution is -2.40. The second-order valence-electron chi connectivity index (χ2n) is 7.83. The predicted octanol–water partition coefficient (Wildman–Crippen LogP) is 3.00. The van der Waals surface area contributed by atoms with Gasteiger partial charge in [0.1, 0.15) is 5.75 Å². The highest BCUT2D eigenvalue weighted by Crippen LogP contribution is 2.31. The Morgan fingerprint density at radius 3 is 2.38 bits per heavy atom. The Labute approximate surface area is 201 Å². The molecule has 186 valence electrons. The molecule has 9 nitrogen and oxygen atoms in total. The van der Waals surface area contributed by atoms with Gasteiger partial charge in [0.15, 0.2) is 11.5 Å². The summed E-state index contributed by atoms with van der Waals surface area (Å²) in [5.41, 5.74) is 0.948. The van der Waals surface area contributed by atoms with Crippen LogP contribution in [0.5, 0.6) is 17.2 Å². The van der Waals surface area contributed by atoms with Crippen LogP contribution >= 0.6 is 0 Å². The molecule has 0 aromatic heterocycles. The SMILES string of the molecule is CCCOc1ccc(C(C)NC(=O)c2cc(S(=O)(=O)N3CCOCC3)ccc2OC)cc1OC. The van der Waals surface area contributed by atoms with E-state index in [0.29, 0.717) is 31.3 Å². The first-order chi connectivity index (χ1) is 16.3. The van der Waals surface area contributed by atoms with Crippen molar-refractivity contribution in [2.75, 3.05) is 47.1 Å². The molecule has 1 fully saturated rings. The minimum Gasteiger partial charge on any atom is -0.496 e. The molecule has 34 heavy (non-hydrogen) atoms. The van der Waals surface area contributed by atoms with Crippen molar-refractivity contribution < 1.29 is 32.2 Å². The molecule has 2 aromatic rings. The quantitative estimate of drug-likeness (QED) is 0.544. The molecule has 1 unspecified atom stereocenters. The molecule has 0 aliphatic carbocycles. The normalized spacial score (nSPS) is 15.4.